The van der Waals surface area contributed by atoms with E-state index in [0.717, 1.165) is 19.4 Å². The molecule has 0 aromatic carbocycles. The average molecular weight is 340 g/mol. The summed E-state index contributed by atoms with van der Waals surface area (Å²) in [6, 6.07) is 4.28. The lowest BCUT2D eigenvalue weighted by molar-refractivity contribution is -0.885. The Bertz CT molecular complexity index is 499. The van der Waals surface area contributed by atoms with Gasteiger partial charge in [0.05, 0.1) is 18.5 Å². The van der Waals surface area contributed by atoms with Gasteiger partial charge in [-0.2, -0.15) is 0 Å². The smallest absolute Gasteiger partial charge is 0.409 e. The molecule has 1 unspecified atom stereocenters. The molecule has 0 spiro atoms. The highest BCUT2D eigenvalue weighted by Crippen LogP contribution is 2.11. The van der Waals surface area contributed by atoms with Crippen molar-refractivity contribution in [3.63, 3.8) is 0 Å². The maximum Gasteiger partial charge on any atom is 0.409 e. The number of nitrogens with one attached hydrogen (secondary N) is 2. The summed E-state index contributed by atoms with van der Waals surface area (Å²) < 4.78 is 5.00. The molecule has 1 aliphatic rings. The lowest BCUT2D eigenvalue weighted by Crippen LogP contribution is -3.08. The molecule has 7 heteroatoms. The maximum absolute atomic E-state index is 12.1. The Labute approximate surface area is 141 Å². The molecule has 128 valence electrons. The first kappa shape index (κ1) is 17.7. The summed E-state index contributed by atoms with van der Waals surface area (Å²) >= 11 is 1.72. The van der Waals surface area contributed by atoms with Gasteiger partial charge in [-0.15, -0.1) is 11.3 Å². The fraction of sp³-hybridized carbons (Fsp3) is 0.625. The lowest BCUT2D eigenvalue weighted by Gasteiger charge is -2.31. The molecule has 2 heterocycles. The third-order valence-corrected chi connectivity index (χ3v) is 4.78. The highest BCUT2D eigenvalue weighted by Gasteiger charge is 2.25. The number of rotatable bonds is 6. The zero-order valence-corrected chi connectivity index (χ0v) is 14.7. The predicted molar refractivity (Wildman–Crippen MR) is 89.5 cm³/mol. The number of thiophene rings is 1. The third-order valence-electron chi connectivity index (χ3n) is 3.90. The van der Waals surface area contributed by atoms with Gasteiger partial charge in [0, 0.05) is 19.1 Å². The monoisotopic (exact) mass is 340 g/mol. The van der Waals surface area contributed by atoms with Crippen LogP contribution in [-0.2, 0) is 16.1 Å². The summed E-state index contributed by atoms with van der Waals surface area (Å²) in [5, 5.41) is 5.14. The van der Waals surface area contributed by atoms with E-state index in [1.54, 1.807) is 23.2 Å². The molecule has 1 saturated heterocycles. The number of quaternary nitrogens is 1. The first-order valence-electron chi connectivity index (χ1n) is 8.13. The number of nitrogens with zero attached hydrogens (tertiary/aromatic N) is 1. The SMILES string of the molecule is CCOC(=O)N1CCC(NC(=O)C[NH+](C)Cc2cccs2)CC1. The Hall–Kier alpha value is -1.60. The Morgan fingerprint density at radius 2 is 2.17 bits per heavy atom. The van der Waals surface area contributed by atoms with Gasteiger partial charge in [0.1, 0.15) is 6.54 Å². The van der Waals surface area contributed by atoms with Crippen LogP contribution in [0.15, 0.2) is 17.5 Å². The largest absolute Gasteiger partial charge is 0.450 e. The zero-order chi connectivity index (χ0) is 16.7. The number of carbonyl (C=O) groups excluding carboxylic acids is 2. The van der Waals surface area contributed by atoms with E-state index in [2.05, 4.69) is 16.8 Å². The Balaban J connectivity index is 1.67. The van der Waals surface area contributed by atoms with Gasteiger partial charge in [-0.1, -0.05) is 6.07 Å². The van der Waals surface area contributed by atoms with Crippen LogP contribution in [-0.4, -0.2) is 56.2 Å². The topological polar surface area (TPSA) is 63.1 Å². The molecular formula is C16H26N3O3S+. The molecule has 2 N–H and O–H groups in total. The fourth-order valence-electron chi connectivity index (χ4n) is 2.75. The second kappa shape index (κ2) is 8.88. The van der Waals surface area contributed by atoms with Crippen molar-refractivity contribution in [3.05, 3.63) is 22.4 Å². The minimum absolute atomic E-state index is 0.0774. The Kier molecular flexibility index (Phi) is 6.85. The van der Waals surface area contributed by atoms with Gasteiger partial charge in [0.15, 0.2) is 6.54 Å². The van der Waals surface area contributed by atoms with E-state index in [9.17, 15) is 9.59 Å². The number of amides is 2. The lowest BCUT2D eigenvalue weighted by atomic mass is 10.1. The minimum Gasteiger partial charge on any atom is -0.450 e. The first-order chi connectivity index (χ1) is 11.1. The van der Waals surface area contributed by atoms with Crippen molar-refractivity contribution in [2.75, 3.05) is 33.3 Å². The molecule has 2 rings (SSSR count). The molecule has 0 radical (unpaired) electrons. The van der Waals surface area contributed by atoms with Crippen molar-refractivity contribution in [3.8, 4) is 0 Å². The van der Waals surface area contributed by atoms with Crippen molar-refractivity contribution >= 4 is 23.3 Å². The van der Waals surface area contributed by atoms with Crippen LogP contribution in [0.25, 0.3) is 0 Å². The Morgan fingerprint density at radius 3 is 2.78 bits per heavy atom. The van der Waals surface area contributed by atoms with Gasteiger partial charge < -0.3 is 19.9 Å². The van der Waals surface area contributed by atoms with Crippen molar-refractivity contribution in [1.82, 2.24) is 10.2 Å². The summed E-state index contributed by atoms with van der Waals surface area (Å²) in [7, 11) is 2.03. The number of likely N-dealkylation sites (tertiary alicyclic amines) is 1. The second-order valence-electron chi connectivity index (χ2n) is 5.92. The molecule has 1 aromatic rings. The van der Waals surface area contributed by atoms with Crippen LogP contribution in [0.4, 0.5) is 4.79 Å². The number of piperidine rings is 1. The second-order valence-corrected chi connectivity index (χ2v) is 6.95. The highest BCUT2D eigenvalue weighted by molar-refractivity contribution is 7.09. The van der Waals surface area contributed by atoms with E-state index in [4.69, 9.17) is 4.74 Å². The van der Waals surface area contributed by atoms with Gasteiger partial charge in [-0.25, -0.2) is 4.79 Å². The number of hydrogen-bond acceptors (Lipinski definition) is 4. The normalized spacial score (nSPS) is 16.9. The van der Waals surface area contributed by atoms with E-state index < -0.39 is 0 Å². The molecule has 6 nitrogen and oxygen atoms in total. The predicted octanol–water partition coefficient (Wildman–Crippen LogP) is 0.500. The van der Waals surface area contributed by atoms with Crippen LogP contribution < -0.4 is 10.2 Å². The van der Waals surface area contributed by atoms with Crippen LogP contribution in [0.3, 0.4) is 0 Å². The summed E-state index contributed by atoms with van der Waals surface area (Å²) in [5.74, 6) is 0.0774. The summed E-state index contributed by atoms with van der Waals surface area (Å²) in [6.45, 7) is 4.82. The molecule has 23 heavy (non-hydrogen) atoms. The quantitative estimate of drug-likeness (QED) is 0.793. The number of carbonyl (C=O) groups is 2. The summed E-state index contributed by atoms with van der Waals surface area (Å²) in [6.07, 6.45) is 1.32. The summed E-state index contributed by atoms with van der Waals surface area (Å²) in [4.78, 5) is 27.9. The highest BCUT2D eigenvalue weighted by atomic mass is 32.1. The van der Waals surface area contributed by atoms with E-state index in [1.807, 2.05) is 13.1 Å². The molecule has 2 amide bonds. The van der Waals surface area contributed by atoms with Crippen molar-refractivity contribution in [2.45, 2.75) is 32.4 Å². The van der Waals surface area contributed by atoms with E-state index in [1.165, 1.54) is 9.78 Å². The van der Waals surface area contributed by atoms with Crippen LogP contribution in [0.1, 0.15) is 24.6 Å². The van der Waals surface area contributed by atoms with Crippen LogP contribution >= 0.6 is 11.3 Å². The van der Waals surface area contributed by atoms with Gasteiger partial charge in [-0.3, -0.25) is 4.79 Å². The molecule has 1 aliphatic heterocycles. The van der Waals surface area contributed by atoms with E-state index in [-0.39, 0.29) is 18.0 Å². The molecule has 0 aliphatic carbocycles. The van der Waals surface area contributed by atoms with Crippen LogP contribution in [0.2, 0.25) is 0 Å². The molecule has 1 aromatic heterocycles. The number of ether oxygens (including phenoxy) is 1. The zero-order valence-electron chi connectivity index (χ0n) is 13.8. The van der Waals surface area contributed by atoms with Gasteiger partial charge in [0.2, 0.25) is 0 Å². The average Bonchev–Trinajstić information content (AvgIpc) is 3.00. The number of likely N-dealkylation sites (N-methyl/N-ethyl adjacent to an activating group) is 1. The van der Waals surface area contributed by atoms with Crippen LogP contribution in [0, 0.1) is 0 Å². The standard InChI is InChI=1S/C16H25N3O3S/c1-3-22-16(21)19-8-6-13(7-9-19)17-15(20)12-18(2)11-14-5-4-10-23-14/h4-5,10,13H,3,6-9,11-12H2,1-2H3,(H,17,20)/p+1. The molecule has 1 fully saturated rings. The molecule has 1 atom stereocenters. The number of hydrogen-bond donors (Lipinski definition) is 2. The molecule has 0 bridgehead atoms. The van der Waals surface area contributed by atoms with Gasteiger partial charge in [-0.05, 0) is 31.2 Å². The van der Waals surface area contributed by atoms with E-state index >= 15 is 0 Å². The maximum atomic E-state index is 12.1. The summed E-state index contributed by atoms with van der Waals surface area (Å²) in [5.41, 5.74) is 0. The van der Waals surface area contributed by atoms with Gasteiger partial charge >= 0.3 is 6.09 Å². The van der Waals surface area contributed by atoms with Crippen LogP contribution in [0.5, 0.6) is 0 Å². The molecular weight excluding hydrogens is 314 g/mol. The van der Waals surface area contributed by atoms with Gasteiger partial charge in [0.25, 0.3) is 5.91 Å². The third kappa shape index (κ3) is 5.84. The first-order valence-corrected chi connectivity index (χ1v) is 9.01. The van der Waals surface area contributed by atoms with Crippen molar-refractivity contribution in [1.29, 1.82) is 0 Å². The fourth-order valence-corrected chi connectivity index (χ4v) is 3.57. The molecule has 0 saturated carbocycles. The van der Waals surface area contributed by atoms with Crippen molar-refractivity contribution in [2.24, 2.45) is 0 Å². The van der Waals surface area contributed by atoms with E-state index in [0.29, 0.717) is 26.2 Å². The van der Waals surface area contributed by atoms with Crippen molar-refractivity contribution < 1.29 is 19.2 Å². The Morgan fingerprint density at radius 1 is 1.43 bits per heavy atom. The minimum atomic E-state index is -0.252.